The largest absolute Gasteiger partial charge is 0.468 e. The number of nitrogens with one attached hydrogen (secondary N) is 1. The Hall–Kier alpha value is -0.610. The molecule has 0 aliphatic heterocycles. The molecule has 0 saturated heterocycles. The quantitative estimate of drug-likeness (QED) is 0.645. The summed E-state index contributed by atoms with van der Waals surface area (Å²) in [5.74, 6) is -0.262. The molecule has 1 aliphatic carbocycles. The van der Waals surface area contributed by atoms with Gasteiger partial charge in [0.2, 0.25) is 0 Å². The smallest absolute Gasteiger partial charge is 0.322 e. The van der Waals surface area contributed by atoms with E-state index in [4.69, 9.17) is 0 Å². The van der Waals surface area contributed by atoms with E-state index in [-0.39, 0.29) is 29.6 Å². The van der Waals surface area contributed by atoms with Gasteiger partial charge in [-0.3, -0.25) is 4.79 Å². The molecule has 0 aromatic heterocycles. The van der Waals surface area contributed by atoms with Gasteiger partial charge in [0.1, 0.15) is 6.04 Å². The Balaban J connectivity index is 2.43. The second kappa shape index (κ2) is 3.87. The molecular formula is C10H19NO3. The molecule has 0 heterocycles. The number of aliphatic hydroxyl groups excluding tert-OH is 1. The number of methoxy groups -OCH3 is 1. The second-order valence-corrected chi connectivity index (χ2v) is 4.54. The minimum absolute atomic E-state index is 0.151. The zero-order valence-corrected chi connectivity index (χ0v) is 9.20. The molecule has 0 spiro atoms. The lowest BCUT2D eigenvalue weighted by atomic mass is 9.64. The molecule has 1 rings (SSSR count). The van der Waals surface area contributed by atoms with Crippen LogP contribution in [0.1, 0.15) is 27.2 Å². The van der Waals surface area contributed by atoms with Crippen LogP contribution in [0.25, 0.3) is 0 Å². The third kappa shape index (κ3) is 1.91. The van der Waals surface area contributed by atoms with Crippen LogP contribution < -0.4 is 5.32 Å². The first-order chi connectivity index (χ1) is 6.39. The Morgan fingerprint density at radius 1 is 1.64 bits per heavy atom. The van der Waals surface area contributed by atoms with E-state index in [1.165, 1.54) is 7.11 Å². The molecule has 3 atom stereocenters. The van der Waals surface area contributed by atoms with Crippen LogP contribution in [-0.2, 0) is 9.53 Å². The van der Waals surface area contributed by atoms with Crippen molar-refractivity contribution in [1.29, 1.82) is 0 Å². The number of hydrogen-bond donors (Lipinski definition) is 2. The number of rotatable bonds is 3. The van der Waals surface area contributed by atoms with Gasteiger partial charge in [-0.05, 0) is 13.3 Å². The maximum atomic E-state index is 11.1. The topological polar surface area (TPSA) is 58.6 Å². The summed E-state index contributed by atoms with van der Waals surface area (Å²) < 4.78 is 4.61. The summed E-state index contributed by atoms with van der Waals surface area (Å²) in [6, 6.07) is -0.122. The highest BCUT2D eigenvalue weighted by atomic mass is 16.5. The van der Waals surface area contributed by atoms with Crippen LogP contribution in [0.5, 0.6) is 0 Å². The third-order valence-corrected chi connectivity index (χ3v) is 3.22. The molecule has 0 radical (unpaired) electrons. The molecule has 0 aromatic rings. The predicted octanol–water partition coefficient (Wildman–Crippen LogP) is 0.297. The van der Waals surface area contributed by atoms with Gasteiger partial charge < -0.3 is 15.2 Å². The molecule has 1 aliphatic rings. The van der Waals surface area contributed by atoms with Gasteiger partial charge in [0.05, 0.1) is 13.2 Å². The van der Waals surface area contributed by atoms with E-state index in [0.29, 0.717) is 6.42 Å². The Kier molecular flexibility index (Phi) is 3.17. The fourth-order valence-corrected chi connectivity index (χ4v) is 1.73. The van der Waals surface area contributed by atoms with Crippen molar-refractivity contribution >= 4 is 5.97 Å². The molecule has 0 bridgehead atoms. The van der Waals surface area contributed by atoms with Crippen LogP contribution in [0.15, 0.2) is 0 Å². The van der Waals surface area contributed by atoms with E-state index in [1.54, 1.807) is 6.92 Å². The van der Waals surface area contributed by atoms with E-state index in [2.05, 4.69) is 10.1 Å². The molecule has 4 nitrogen and oxygen atoms in total. The number of aliphatic hydroxyl groups is 1. The van der Waals surface area contributed by atoms with Crippen LogP contribution in [0.4, 0.5) is 0 Å². The van der Waals surface area contributed by atoms with Gasteiger partial charge in [-0.1, -0.05) is 13.8 Å². The Bertz CT molecular complexity index is 227. The van der Waals surface area contributed by atoms with E-state index < -0.39 is 0 Å². The van der Waals surface area contributed by atoms with Gasteiger partial charge in [0.15, 0.2) is 0 Å². The molecule has 14 heavy (non-hydrogen) atoms. The van der Waals surface area contributed by atoms with Crippen molar-refractivity contribution in [3.63, 3.8) is 0 Å². The lowest BCUT2D eigenvalue weighted by molar-refractivity contribution is -0.145. The first-order valence-corrected chi connectivity index (χ1v) is 4.91. The maximum absolute atomic E-state index is 11.1. The van der Waals surface area contributed by atoms with Crippen molar-refractivity contribution in [3.05, 3.63) is 0 Å². The summed E-state index contributed by atoms with van der Waals surface area (Å²) in [4.78, 5) is 11.1. The number of esters is 1. The van der Waals surface area contributed by atoms with Crippen LogP contribution in [0.3, 0.4) is 0 Å². The van der Waals surface area contributed by atoms with Gasteiger partial charge >= 0.3 is 5.97 Å². The van der Waals surface area contributed by atoms with Gasteiger partial charge in [-0.15, -0.1) is 0 Å². The molecule has 82 valence electrons. The van der Waals surface area contributed by atoms with Crippen LogP contribution in [0.2, 0.25) is 0 Å². The van der Waals surface area contributed by atoms with Crippen LogP contribution in [0, 0.1) is 5.41 Å². The fourth-order valence-electron chi connectivity index (χ4n) is 1.73. The summed E-state index contributed by atoms with van der Waals surface area (Å²) in [6.45, 7) is 5.75. The average molecular weight is 201 g/mol. The summed E-state index contributed by atoms with van der Waals surface area (Å²) in [5.41, 5.74) is -0.151. The SMILES string of the molecule is COC(=O)C(C)NC1CC(O)C1(C)C. The third-order valence-electron chi connectivity index (χ3n) is 3.22. The van der Waals surface area contributed by atoms with Crippen molar-refractivity contribution in [2.75, 3.05) is 7.11 Å². The number of carbonyl (C=O) groups is 1. The summed E-state index contributed by atoms with van der Waals surface area (Å²) in [7, 11) is 1.38. The number of carbonyl (C=O) groups excluding carboxylic acids is 1. The minimum Gasteiger partial charge on any atom is -0.468 e. The van der Waals surface area contributed by atoms with Gasteiger partial charge in [0, 0.05) is 11.5 Å². The van der Waals surface area contributed by atoms with Crippen molar-refractivity contribution in [1.82, 2.24) is 5.32 Å². The van der Waals surface area contributed by atoms with E-state index in [0.717, 1.165) is 0 Å². The number of ether oxygens (including phenoxy) is 1. The van der Waals surface area contributed by atoms with Crippen molar-refractivity contribution in [2.24, 2.45) is 5.41 Å². The summed E-state index contributed by atoms with van der Waals surface area (Å²) >= 11 is 0. The average Bonchev–Trinajstić information content (AvgIpc) is 2.16. The lowest BCUT2D eigenvalue weighted by Gasteiger charge is -2.50. The molecular weight excluding hydrogens is 182 g/mol. The Labute approximate surface area is 84.6 Å². The highest BCUT2D eigenvalue weighted by molar-refractivity contribution is 5.75. The molecule has 4 heteroatoms. The molecule has 3 unspecified atom stereocenters. The van der Waals surface area contributed by atoms with E-state index in [1.807, 2.05) is 13.8 Å². The zero-order chi connectivity index (χ0) is 10.9. The van der Waals surface area contributed by atoms with Crippen molar-refractivity contribution < 1.29 is 14.6 Å². The van der Waals surface area contributed by atoms with Crippen LogP contribution in [-0.4, -0.2) is 36.4 Å². The second-order valence-electron chi connectivity index (χ2n) is 4.54. The highest BCUT2D eigenvalue weighted by Gasteiger charge is 2.47. The van der Waals surface area contributed by atoms with Gasteiger partial charge in [-0.2, -0.15) is 0 Å². The lowest BCUT2D eigenvalue weighted by Crippen LogP contribution is -2.62. The summed E-state index contributed by atoms with van der Waals surface area (Å²) in [6.07, 6.45) is 0.429. The van der Waals surface area contributed by atoms with Crippen molar-refractivity contribution in [3.8, 4) is 0 Å². The minimum atomic E-state index is -0.309. The predicted molar refractivity (Wildman–Crippen MR) is 52.8 cm³/mol. The fraction of sp³-hybridized carbons (Fsp3) is 0.900. The normalized spacial score (nSPS) is 31.8. The maximum Gasteiger partial charge on any atom is 0.322 e. The molecule has 1 saturated carbocycles. The monoisotopic (exact) mass is 201 g/mol. The van der Waals surface area contributed by atoms with Gasteiger partial charge in [0.25, 0.3) is 0 Å². The first kappa shape index (κ1) is 11.5. The van der Waals surface area contributed by atoms with Crippen LogP contribution >= 0.6 is 0 Å². The summed E-state index contributed by atoms with van der Waals surface area (Å²) in [5, 5.41) is 12.7. The standard InChI is InChI=1S/C10H19NO3/c1-6(9(13)14-4)11-7-5-8(12)10(7,2)3/h6-8,11-12H,5H2,1-4H3. The number of hydrogen-bond acceptors (Lipinski definition) is 4. The molecule has 0 amide bonds. The Morgan fingerprint density at radius 3 is 2.57 bits per heavy atom. The molecule has 2 N–H and O–H groups in total. The Morgan fingerprint density at radius 2 is 2.21 bits per heavy atom. The van der Waals surface area contributed by atoms with E-state index >= 15 is 0 Å². The molecule has 1 fully saturated rings. The molecule has 0 aromatic carbocycles. The highest BCUT2D eigenvalue weighted by Crippen LogP contribution is 2.40. The van der Waals surface area contributed by atoms with E-state index in [9.17, 15) is 9.90 Å². The first-order valence-electron chi connectivity index (χ1n) is 4.91. The zero-order valence-electron chi connectivity index (χ0n) is 9.20. The van der Waals surface area contributed by atoms with Crippen molar-refractivity contribution in [2.45, 2.75) is 45.4 Å². The van der Waals surface area contributed by atoms with Gasteiger partial charge in [-0.25, -0.2) is 0 Å².